The van der Waals surface area contributed by atoms with Crippen molar-refractivity contribution in [2.45, 2.75) is 19.4 Å². The van der Waals surface area contributed by atoms with Crippen LogP contribution in [0.15, 0.2) is 54.6 Å². The van der Waals surface area contributed by atoms with Gasteiger partial charge in [-0.2, -0.15) is 0 Å². The zero-order chi connectivity index (χ0) is 15.1. The van der Waals surface area contributed by atoms with Crippen LogP contribution in [-0.2, 0) is 6.42 Å². The highest BCUT2D eigenvalue weighted by Gasteiger charge is 2.12. The molecule has 0 saturated carbocycles. The number of carbonyl (C=O) groups excluding carboxylic acids is 1. The average Bonchev–Trinajstić information content (AvgIpc) is 2.53. The Bertz CT molecular complexity index is 581. The molecule has 0 saturated heterocycles. The molecule has 0 aromatic heterocycles. The van der Waals surface area contributed by atoms with E-state index in [1.165, 1.54) is 5.56 Å². The van der Waals surface area contributed by atoms with E-state index in [1.807, 2.05) is 30.3 Å². The third-order valence-electron chi connectivity index (χ3n) is 3.40. The molecule has 0 bridgehead atoms. The van der Waals surface area contributed by atoms with Crippen LogP contribution in [0.3, 0.4) is 0 Å². The molecule has 3 heteroatoms. The number of ketones is 1. The maximum absolute atomic E-state index is 12.2. The Labute approximate surface area is 126 Å². The fourth-order valence-electron chi connectivity index (χ4n) is 2.28. The third-order valence-corrected chi connectivity index (χ3v) is 3.40. The standard InChI is InChI=1S/C18H21NO2/c1-14(12-15-8-4-3-5-9-15)19-13-17(20)16-10-6-7-11-18(16)21-2/h3-11,14,19H,12-13H2,1-2H3. The molecule has 3 nitrogen and oxygen atoms in total. The second kappa shape index (κ2) is 7.60. The number of methoxy groups -OCH3 is 1. The maximum atomic E-state index is 12.2. The van der Waals surface area contributed by atoms with Gasteiger partial charge in [0.25, 0.3) is 0 Å². The first-order valence-corrected chi connectivity index (χ1v) is 7.14. The molecule has 2 aromatic rings. The highest BCUT2D eigenvalue weighted by molar-refractivity contribution is 6.00. The number of Topliss-reactive ketones (excluding diaryl/α,β-unsaturated/α-hetero) is 1. The summed E-state index contributed by atoms with van der Waals surface area (Å²) >= 11 is 0. The highest BCUT2D eigenvalue weighted by Crippen LogP contribution is 2.17. The second-order valence-electron chi connectivity index (χ2n) is 5.10. The van der Waals surface area contributed by atoms with Crippen molar-refractivity contribution >= 4 is 5.78 Å². The summed E-state index contributed by atoms with van der Waals surface area (Å²) in [6, 6.07) is 17.8. The largest absolute Gasteiger partial charge is 0.496 e. The molecule has 0 spiro atoms. The fourth-order valence-corrected chi connectivity index (χ4v) is 2.28. The molecular weight excluding hydrogens is 262 g/mol. The van der Waals surface area contributed by atoms with E-state index in [1.54, 1.807) is 19.2 Å². The van der Waals surface area contributed by atoms with E-state index in [0.717, 1.165) is 6.42 Å². The predicted octanol–water partition coefficient (Wildman–Crippen LogP) is 3.10. The SMILES string of the molecule is COc1ccccc1C(=O)CNC(C)Cc1ccccc1. The minimum Gasteiger partial charge on any atom is -0.496 e. The van der Waals surface area contributed by atoms with E-state index < -0.39 is 0 Å². The Morgan fingerprint density at radius 2 is 1.76 bits per heavy atom. The molecule has 0 radical (unpaired) electrons. The Balaban J connectivity index is 1.89. The lowest BCUT2D eigenvalue weighted by atomic mass is 10.1. The van der Waals surface area contributed by atoms with E-state index in [4.69, 9.17) is 4.74 Å². The molecule has 1 atom stereocenters. The monoisotopic (exact) mass is 283 g/mol. The van der Waals surface area contributed by atoms with Gasteiger partial charge in [-0.1, -0.05) is 42.5 Å². The van der Waals surface area contributed by atoms with Crippen molar-refractivity contribution in [3.8, 4) is 5.75 Å². The van der Waals surface area contributed by atoms with Crippen LogP contribution in [0.25, 0.3) is 0 Å². The quantitative estimate of drug-likeness (QED) is 0.794. The fraction of sp³-hybridized carbons (Fsp3) is 0.278. The number of para-hydroxylation sites is 1. The molecule has 0 fully saturated rings. The van der Waals surface area contributed by atoms with Crippen molar-refractivity contribution in [1.29, 1.82) is 0 Å². The molecule has 0 aliphatic carbocycles. The van der Waals surface area contributed by atoms with Crippen molar-refractivity contribution < 1.29 is 9.53 Å². The van der Waals surface area contributed by atoms with Gasteiger partial charge in [0.05, 0.1) is 19.2 Å². The summed E-state index contributed by atoms with van der Waals surface area (Å²) in [5.41, 5.74) is 1.89. The number of rotatable bonds is 7. The van der Waals surface area contributed by atoms with Gasteiger partial charge in [-0.15, -0.1) is 0 Å². The Morgan fingerprint density at radius 3 is 2.48 bits per heavy atom. The maximum Gasteiger partial charge on any atom is 0.180 e. The summed E-state index contributed by atoms with van der Waals surface area (Å²) in [7, 11) is 1.58. The van der Waals surface area contributed by atoms with Gasteiger partial charge in [0, 0.05) is 6.04 Å². The van der Waals surface area contributed by atoms with Crippen LogP contribution < -0.4 is 10.1 Å². The molecule has 2 rings (SSSR count). The van der Waals surface area contributed by atoms with Gasteiger partial charge >= 0.3 is 0 Å². The first kappa shape index (κ1) is 15.3. The Hall–Kier alpha value is -2.13. The number of hydrogen-bond donors (Lipinski definition) is 1. The molecular formula is C18H21NO2. The normalized spacial score (nSPS) is 11.9. The van der Waals surface area contributed by atoms with Gasteiger partial charge in [0.2, 0.25) is 0 Å². The first-order chi connectivity index (χ1) is 10.2. The van der Waals surface area contributed by atoms with Crippen LogP contribution in [0.4, 0.5) is 0 Å². The summed E-state index contributed by atoms with van der Waals surface area (Å²) in [4.78, 5) is 12.2. The summed E-state index contributed by atoms with van der Waals surface area (Å²) < 4.78 is 5.22. The van der Waals surface area contributed by atoms with Crippen LogP contribution in [-0.4, -0.2) is 25.5 Å². The lowest BCUT2D eigenvalue weighted by Crippen LogP contribution is -2.33. The summed E-state index contributed by atoms with van der Waals surface area (Å²) in [6.07, 6.45) is 0.903. The summed E-state index contributed by atoms with van der Waals surface area (Å²) in [5.74, 6) is 0.673. The lowest BCUT2D eigenvalue weighted by Gasteiger charge is -2.14. The van der Waals surface area contributed by atoms with E-state index in [9.17, 15) is 4.79 Å². The van der Waals surface area contributed by atoms with Crippen molar-refractivity contribution in [1.82, 2.24) is 5.32 Å². The van der Waals surface area contributed by atoms with Gasteiger partial charge in [0.1, 0.15) is 5.75 Å². The van der Waals surface area contributed by atoms with Crippen LogP contribution in [0.5, 0.6) is 5.75 Å². The van der Waals surface area contributed by atoms with Crippen LogP contribution in [0.1, 0.15) is 22.8 Å². The molecule has 1 N–H and O–H groups in total. The number of carbonyl (C=O) groups is 1. The topological polar surface area (TPSA) is 38.3 Å². The second-order valence-corrected chi connectivity index (χ2v) is 5.10. The Morgan fingerprint density at radius 1 is 1.10 bits per heavy atom. The predicted molar refractivity (Wildman–Crippen MR) is 84.9 cm³/mol. The smallest absolute Gasteiger partial charge is 0.180 e. The van der Waals surface area contributed by atoms with Crippen molar-refractivity contribution in [3.05, 3.63) is 65.7 Å². The highest BCUT2D eigenvalue weighted by atomic mass is 16.5. The molecule has 0 aliphatic heterocycles. The summed E-state index contributed by atoms with van der Waals surface area (Å²) in [6.45, 7) is 2.40. The molecule has 1 unspecified atom stereocenters. The number of hydrogen-bond acceptors (Lipinski definition) is 3. The van der Waals surface area contributed by atoms with E-state index in [-0.39, 0.29) is 11.8 Å². The summed E-state index contributed by atoms with van der Waals surface area (Å²) in [5, 5.41) is 3.28. The molecule has 2 aromatic carbocycles. The van der Waals surface area contributed by atoms with Crippen molar-refractivity contribution in [3.63, 3.8) is 0 Å². The molecule has 21 heavy (non-hydrogen) atoms. The first-order valence-electron chi connectivity index (χ1n) is 7.14. The molecule has 110 valence electrons. The number of benzene rings is 2. The van der Waals surface area contributed by atoms with Gasteiger partial charge < -0.3 is 10.1 Å². The minimum absolute atomic E-state index is 0.0485. The minimum atomic E-state index is 0.0485. The molecule has 0 aliphatic rings. The third kappa shape index (κ3) is 4.43. The molecule has 0 amide bonds. The van der Waals surface area contributed by atoms with Crippen molar-refractivity contribution in [2.24, 2.45) is 0 Å². The van der Waals surface area contributed by atoms with Crippen molar-refractivity contribution in [2.75, 3.05) is 13.7 Å². The zero-order valence-electron chi connectivity index (χ0n) is 12.5. The van der Waals surface area contributed by atoms with E-state index in [0.29, 0.717) is 17.9 Å². The van der Waals surface area contributed by atoms with Gasteiger partial charge in [-0.05, 0) is 31.0 Å². The van der Waals surface area contributed by atoms with E-state index in [2.05, 4.69) is 24.4 Å². The average molecular weight is 283 g/mol. The van der Waals surface area contributed by atoms with Gasteiger partial charge in [-0.25, -0.2) is 0 Å². The van der Waals surface area contributed by atoms with Gasteiger partial charge in [0.15, 0.2) is 5.78 Å². The number of ether oxygens (including phenoxy) is 1. The van der Waals surface area contributed by atoms with Crippen LogP contribution in [0.2, 0.25) is 0 Å². The van der Waals surface area contributed by atoms with E-state index >= 15 is 0 Å². The molecule has 0 heterocycles. The number of nitrogens with one attached hydrogen (secondary N) is 1. The van der Waals surface area contributed by atoms with Crippen LogP contribution in [0, 0.1) is 0 Å². The lowest BCUT2D eigenvalue weighted by molar-refractivity contribution is 0.0985. The zero-order valence-corrected chi connectivity index (χ0v) is 12.5. The van der Waals surface area contributed by atoms with Gasteiger partial charge in [-0.3, -0.25) is 4.79 Å². The van der Waals surface area contributed by atoms with Crippen LogP contribution >= 0.6 is 0 Å². The Kier molecular flexibility index (Phi) is 5.52.